The number of H-pyrrole nitrogens is 1. The molecule has 0 aliphatic carbocycles. The van der Waals surface area contributed by atoms with Crippen LogP contribution in [0.25, 0.3) is 10.9 Å². The number of aromatic amines is 1. The number of hydrogen-bond acceptors (Lipinski definition) is 7. The number of carbonyl (C=O) groups excluding carboxylic acids is 3. The molecule has 0 aliphatic heterocycles. The van der Waals surface area contributed by atoms with Crippen molar-refractivity contribution in [1.82, 2.24) is 15.3 Å². The minimum atomic E-state index is -0.823. The maximum Gasteiger partial charge on any atom is 0.311 e. The number of para-hydroxylation sites is 1. The largest absolute Gasteiger partial charge is 0.466 e. The molecule has 170 valence electrons. The summed E-state index contributed by atoms with van der Waals surface area (Å²) in [6.45, 7) is 2.04. The van der Waals surface area contributed by atoms with E-state index < -0.39 is 6.04 Å². The minimum Gasteiger partial charge on any atom is -0.466 e. The number of aromatic nitrogens is 2. The third-order valence-electron chi connectivity index (χ3n) is 4.88. The Balaban J connectivity index is 1.51. The Morgan fingerprint density at radius 2 is 2.00 bits per heavy atom. The summed E-state index contributed by atoms with van der Waals surface area (Å²) in [4.78, 5) is 45.6. The number of rotatable bonds is 9. The number of nitrogens with zero attached hydrogens (tertiary/aromatic N) is 1. The van der Waals surface area contributed by atoms with Gasteiger partial charge in [-0.2, -0.15) is 0 Å². The van der Waals surface area contributed by atoms with Crippen molar-refractivity contribution in [1.29, 1.82) is 0 Å². The highest BCUT2D eigenvalue weighted by molar-refractivity contribution is 7.14. The number of esters is 1. The molecule has 3 heterocycles. The van der Waals surface area contributed by atoms with Crippen LogP contribution in [0.2, 0.25) is 0 Å². The normalized spacial score (nSPS) is 11.8. The van der Waals surface area contributed by atoms with Crippen LogP contribution in [0.1, 0.15) is 27.9 Å². The molecule has 1 atom stereocenters. The molecule has 0 saturated carbocycles. The number of thiophene rings is 1. The zero-order chi connectivity index (χ0) is 23.2. The van der Waals surface area contributed by atoms with Crippen LogP contribution in [0.5, 0.6) is 0 Å². The van der Waals surface area contributed by atoms with Crippen molar-refractivity contribution in [3.8, 4) is 0 Å². The Bertz CT molecular complexity index is 1260. The van der Waals surface area contributed by atoms with Crippen LogP contribution in [-0.2, 0) is 27.2 Å². The van der Waals surface area contributed by atoms with Gasteiger partial charge >= 0.3 is 5.97 Å². The maximum absolute atomic E-state index is 13.2. The molecule has 0 fully saturated rings. The van der Waals surface area contributed by atoms with E-state index in [1.54, 1.807) is 24.4 Å². The van der Waals surface area contributed by atoms with E-state index in [0.29, 0.717) is 28.7 Å². The molecule has 3 aromatic heterocycles. The van der Waals surface area contributed by atoms with E-state index in [1.165, 1.54) is 22.7 Å². The average molecular weight is 483 g/mol. The van der Waals surface area contributed by atoms with E-state index in [1.807, 2.05) is 35.8 Å². The Hall–Kier alpha value is -3.50. The zero-order valence-electron chi connectivity index (χ0n) is 17.8. The number of benzene rings is 1. The van der Waals surface area contributed by atoms with Gasteiger partial charge in [-0.1, -0.05) is 24.3 Å². The summed E-state index contributed by atoms with van der Waals surface area (Å²) >= 11 is 2.52. The minimum absolute atomic E-state index is 0.0358. The van der Waals surface area contributed by atoms with Crippen molar-refractivity contribution >= 4 is 56.5 Å². The molecule has 0 aliphatic rings. The van der Waals surface area contributed by atoms with E-state index in [9.17, 15) is 14.4 Å². The van der Waals surface area contributed by atoms with Crippen LogP contribution in [0.4, 0.5) is 5.13 Å². The molecule has 4 rings (SSSR count). The molecule has 3 N–H and O–H groups in total. The zero-order valence-corrected chi connectivity index (χ0v) is 19.4. The SMILES string of the molecule is CCOC(=O)Cc1csc(NC(=O)C(Cc2c[nH]c3ccccc23)NC(=O)c2cccs2)n1. The standard InChI is InChI=1S/C23H22N4O4S2/c1-2-31-20(28)11-15-13-33-23(25-15)27-21(29)18(26-22(30)19-8-5-9-32-19)10-14-12-24-17-7-4-3-6-16(14)17/h3-9,12-13,18,24H,2,10-11H2,1H3,(H,26,30)(H,25,27,29). The third-order valence-corrected chi connectivity index (χ3v) is 6.55. The number of nitrogens with one attached hydrogen (secondary N) is 3. The molecule has 1 aromatic carbocycles. The lowest BCUT2D eigenvalue weighted by Gasteiger charge is -2.17. The highest BCUT2D eigenvalue weighted by atomic mass is 32.1. The summed E-state index contributed by atoms with van der Waals surface area (Å²) in [5.41, 5.74) is 2.39. The highest BCUT2D eigenvalue weighted by Crippen LogP contribution is 2.21. The van der Waals surface area contributed by atoms with Gasteiger partial charge in [-0.05, 0) is 30.0 Å². The average Bonchev–Trinajstić information content (AvgIpc) is 3.55. The van der Waals surface area contributed by atoms with Crippen LogP contribution in [0.15, 0.2) is 53.4 Å². The van der Waals surface area contributed by atoms with Gasteiger partial charge in [0.1, 0.15) is 6.04 Å². The van der Waals surface area contributed by atoms with Crippen molar-refractivity contribution in [2.75, 3.05) is 11.9 Å². The second-order valence-electron chi connectivity index (χ2n) is 7.18. The van der Waals surface area contributed by atoms with Gasteiger partial charge in [0.2, 0.25) is 5.91 Å². The fourth-order valence-corrected chi connectivity index (χ4v) is 4.70. The second-order valence-corrected chi connectivity index (χ2v) is 8.99. The molecule has 1 unspecified atom stereocenters. The van der Waals surface area contributed by atoms with Gasteiger partial charge in [0.25, 0.3) is 5.91 Å². The monoisotopic (exact) mass is 482 g/mol. The fourth-order valence-electron chi connectivity index (χ4n) is 3.36. The Morgan fingerprint density at radius 3 is 2.79 bits per heavy atom. The van der Waals surface area contributed by atoms with Gasteiger partial charge < -0.3 is 20.4 Å². The number of thiazole rings is 1. The van der Waals surface area contributed by atoms with Crippen molar-refractivity contribution in [2.45, 2.75) is 25.8 Å². The quantitative estimate of drug-likeness (QED) is 0.314. The Kier molecular flexibility index (Phi) is 7.16. The summed E-state index contributed by atoms with van der Waals surface area (Å²) in [7, 11) is 0. The van der Waals surface area contributed by atoms with E-state index >= 15 is 0 Å². The lowest BCUT2D eigenvalue weighted by atomic mass is 10.0. The van der Waals surface area contributed by atoms with Gasteiger partial charge in [-0.25, -0.2) is 4.98 Å². The molecule has 10 heteroatoms. The number of fused-ring (bicyclic) bond motifs is 1. The molecule has 0 bridgehead atoms. The first-order valence-corrected chi connectivity index (χ1v) is 12.1. The second kappa shape index (κ2) is 10.4. The van der Waals surface area contributed by atoms with Gasteiger partial charge in [-0.3, -0.25) is 14.4 Å². The Labute approximate surface area is 198 Å². The number of anilines is 1. The predicted molar refractivity (Wildman–Crippen MR) is 129 cm³/mol. The van der Waals surface area contributed by atoms with Gasteiger partial charge in [0, 0.05) is 28.9 Å². The lowest BCUT2D eigenvalue weighted by molar-refractivity contribution is -0.142. The first-order valence-electron chi connectivity index (χ1n) is 10.3. The highest BCUT2D eigenvalue weighted by Gasteiger charge is 2.24. The van der Waals surface area contributed by atoms with E-state index in [0.717, 1.165) is 16.5 Å². The van der Waals surface area contributed by atoms with Crippen molar-refractivity contribution in [3.63, 3.8) is 0 Å². The van der Waals surface area contributed by atoms with E-state index in [-0.39, 0.29) is 24.2 Å². The Morgan fingerprint density at radius 1 is 1.15 bits per heavy atom. The molecule has 0 radical (unpaired) electrons. The van der Waals surface area contributed by atoms with E-state index in [4.69, 9.17) is 4.74 Å². The van der Waals surface area contributed by atoms with E-state index in [2.05, 4.69) is 20.6 Å². The lowest BCUT2D eigenvalue weighted by Crippen LogP contribution is -2.45. The summed E-state index contributed by atoms with van der Waals surface area (Å²) in [6, 6.07) is 10.5. The molecule has 33 heavy (non-hydrogen) atoms. The molecule has 0 spiro atoms. The van der Waals surface area contributed by atoms with Crippen LogP contribution >= 0.6 is 22.7 Å². The molecule has 0 saturated heterocycles. The number of hydrogen-bond donors (Lipinski definition) is 3. The van der Waals surface area contributed by atoms with Crippen molar-refractivity contribution < 1.29 is 19.1 Å². The summed E-state index contributed by atoms with van der Waals surface area (Å²) in [5.74, 6) is -1.07. The molecular weight excluding hydrogens is 460 g/mol. The number of carbonyl (C=O) groups is 3. The van der Waals surface area contributed by atoms with Gasteiger partial charge in [0.15, 0.2) is 5.13 Å². The number of amides is 2. The van der Waals surface area contributed by atoms with Gasteiger partial charge in [0.05, 0.1) is 23.6 Å². The molecular formula is C23H22N4O4S2. The first kappa shape index (κ1) is 22.7. The fraction of sp³-hybridized carbons (Fsp3) is 0.217. The summed E-state index contributed by atoms with van der Waals surface area (Å²) < 4.78 is 4.94. The number of ether oxygens (including phenoxy) is 1. The predicted octanol–water partition coefficient (Wildman–Crippen LogP) is 3.77. The first-order chi connectivity index (χ1) is 16.0. The smallest absolute Gasteiger partial charge is 0.311 e. The van der Waals surface area contributed by atoms with Gasteiger partial charge in [-0.15, -0.1) is 22.7 Å². The molecule has 4 aromatic rings. The van der Waals surface area contributed by atoms with Crippen molar-refractivity contribution in [2.24, 2.45) is 0 Å². The van der Waals surface area contributed by atoms with Crippen LogP contribution in [0.3, 0.4) is 0 Å². The summed E-state index contributed by atoms with van der Waals surface area (Å²) in [6.07, 6.45) is 2.19. The maximum atomic E-state index is 13.2. The molecule has 8 nitrogen and oxygen atoms in total. The van der Waals surface area contributed by atoms with Crippen LogP contribution in [0, 0.1) is 0 Å². The summed E-state index contributed by atoms with van der Waals surface area (Å²) in [5, 5.41) is 10.5. The van der Waals surface area contributed by atoms with Crippen LogP contribution in [-0.4, -0.2) is 40.4 Å². The molecule has 2 amide bonds. The van der Waals surface area contributed by atoms with Crippen molar-refractivity contribution in [3.05, 3.63) is 69.5 Å². The van der Waals surface area contributed by atoms with Crippen LogP contribution < -0.4 is 10.6 Å². The third kappa shape index (κ3) is 5.65. The topological polar surface area (TPSA) is 113 Å².